The van der Waals surface area contributed by atoms with Crippen molar-refractivity contribution in [1.29, 1.82) is 0 Å². The van der Waals surface area contributed by atoms with Gasteiger partial charge in [0.15, 0.2) is 5.82 Å². The molecule has 3 N–H and O–H groups in total. The molecule has 0 spiro atoms. The van der Waals surface area contributed by atoms with Gasteiger partial charge < -0.3 is 15.8 Å². The Labute approximate surface area is 133 Å². The maximum absolute atomic E-state index is 11.8. The summed E-state index contributed by atoms with van der Waals surface area (Å²) in [7, 11) is 1.35. The molecule has 3 rings (SSSR count). The highest BCUT2D eigenvalue weighted by Crippen LogP contribution is 2.27. The molecule has 0 saturated heterocycles. The van der Waals surface area contributed by atoms with Crippen molar-refractivity contribution >= 4 is 28.7 Å². The summed E-state index contributed by atoms with van der Waals surface area (Å²) >= 11 is 0. The zero-order valence-corrected chi connectivity index (χ0v) is 13.1. The number of hydrogen-bond acceptors (Lipinski definition) is 6. The van der Waals surface area contributed by atoms with Crippen molar-refractivity contribution in [2.45, 2.75) is 13.8 Å². The van der Waals surface area contributed by atoms with E-state index < -0.39 is 5.97 Å². The Balaban J connectivity index is 2.08. The van der Waals surface area contributed by atoms with Gasteiger partial charge in [-0.15, -0.1) is 0 Å². The summed E-state index contributed by atoms with van der Waals surface area (Å²) in [6, 6.07) is 5.69. The number of esters is 1. The molecule has 7 nitrogen and oxygen atoms in total. The van der Waals surface area contributed by atoms with E-state index in [1.165, 1.54) is 13.4 Å². The summed E-state index contributed by atoms with van der Waals surface area (Å²) in [5.41, 5.74) is 10.4. The predicted octanol–water partition coefficient (Wildman–Crippen LogP) is 2.46. The minimum Gasteiger partial charge on any atom is -0.465 e. The van der Waals surface area contributed by atoms with Crippen molar-refractivity contribution in [1.82, 2.24) is 14.6 Å². The summed E-state index contributed by atoms with van der Waals surface area (Å²) in [6.45, 7) is 3.78. The van der Waals surface area contributed by atoms with Crippen LogP contribution in [-0.2, 0) is 4.74 Å². The Hall–Kier alpha value is -3.09. The van der Waals surface area contributed by atoms with Gasteiger partial charge in [0, 0.05) is 17.6 Å². The molecule has 0 unspecified atom stereocenters. The first-order chi connectivity index (χ1) is 11.0. The van der Waals surface area contributed by atoms with E-state index in [1.54, 1.807) is 10.7 Å². The molecule has 23 heavy (non-hydrogen) atoms. The van der Waals surface area contributed by atoms with E-state index in [4.69, 9.17) is 10.5 Å². The van der Waals surface area contributed by atoms with Crippen LogP contribution in [0.2, 0.25) is 0 Å². The van der Waals surface area contributed by atoms with Crippen molar-refractivity contribution in [3.8, 4) is 0 Å². The number of methoxy groups -OCH3 is 1. The maximum Gasteiger partial charge on any atom is 0.339 e. The minimum absolute atomic E-state index is 0.404. The fraction of sp³-hybridized carbons (Fsp3) is 0.188. The van der Waals surface area contributed by atoms with Gasteiger partial charge in [0.1, 0.15) is 11.8 Å². The van der Waals surface area contributed by atoms with Crippen LogP contribution in [0.15, 0.2) is 30.7 Å². The number of anilines is 3. The van der Waals surface area contributed by atoms with E-state index in [-0.39, 0.29) is 0 Å². The van der Waals surface area contributed by atoms with Crippen molar-refractivity contribution < 1.29 is 9.53 Å². The van der Waals surface area contributed by atoms with Crippen LogP contribution in [0.3, 0.4) is 0 Å². The molecule has 0 bridgehead atoms. The molecule has 2 heterocycles. The van der Waals surface area contributed by atoms with E-state index in [1.807, 2.05) is 32.0 Å². The summed E-state index contributed by atoms with van der Waals surface area (Å²) in [4.78, 5) is 16.1. The fourth-order valence-electron chi connectivity index (χ4n) is 2.42. The zero-order valence-electron chi connectivity index (χ0n) is 13.1. The van der Waals surface area contributed by atoms with Gasteiger partial charge in [0.2, 0.25) is 0 Å². The van der Waals surface area contributed by atoms with Gasteiger partial charge in [0.25, 0.3) is 0 Å². The zero-order chi connectivity index (χ0) is 16.6. The molecular weight excluding hydrogens is 294 g/mol. The number of carbonyl (C=O) groups excluding carboxylic acids is 1. The van der Waals surface area contributed by atoms with E-state index >= 15 is 0 Å². The van der Waals surface area contributed by atoms with Gasteiger partial charge in [-0.05, 0) is 37.1 Å². The number of ether oxygens (including phenoxy) is 1. The average molecular weight is 311 g/mol. The van der Waals surface area contributed by atoms with Gasteiger partial charge in [-0.3, -0.25) is 0 Å². The number of fused-ring (bicyclic) bond motifs is 1. The molecule has 3 aromatic rings. The van der Waals surface area contributed by atoms with Crippen LogP contribution in [-0.4, -0.2) is 27.7 Å². The van der Waals surface area contributed by atoms with E-state index in [0.717, 1.165) is 16.8 Å². The van der Waals surface area contributed by atoms with Crippen LogP contribution in [0.25, 0.3) is 5.52 Å². The number of nitrogens with two attached hydrogens (primary N) is 1. The van der Waals surface area contributed by atoms with Gasteiger partial charge in [-0.2, -0.15) is 5.10 Å². The quantitative estimate of drug-likeness (QED) is 0.570. The highest BCUT2D eigenvalue weighted by molar-refractivity contribution is 5.95. The highest BCUT2D eigenvalue weighted by Gasteiger charge is 2.18. The fourth-order valence-corrected chi connectivity index (χ4v) is 2.42. The lowest BCUT2D eigenvalue weighted by Gasteiger charge is -2.09. The first kappa shape index (κ1) is 14.8. The molecular formula is C16H17N5O2. The lowest BCUT2D eigenvalue weighted by Crippen LogP contribution is -2.01. The number of nitrogens with zero attached hydrogens (tertiary/aromatic N) is 3. The van der Waals surface area contributed by atoms with Gasteiger partial charge >= 0.3 is 5.97 Å². The summed E-state index contributed by atoms with van der Waals surface area (Å²) in [5.74, 6) is 0.189. The predicted molar refractivity (Wildman–Crippen MR) is 87.9 cm³/mol. The van der Waals surface area contributed by atoms with Gasteiger partial charge in [0.05, 0.1) is 12.7 Å². The minimum atomic E-state index is -0.404. The van der Waals surface area contributed by atoms with E-state index in [0.29, 0.717) is 22.6 Å². The summed E-state index contributed by atoms with van der Waals surface area (Å²) < 4.78 is 6.40. The molecule has 0 radical (unpaired) electrons. The molecule has 7 heteroatoms. The van der Waals surface area contributed by atoms with Crippen LogP contribution < -0.4 is 11.1 Å². The molecule has 0 amide bonds. The second kappa shape index (κ2) is 5.60. The Morgan fingerprint density at radius 2 is 2.13 bits per heavy atom. The summed E-state index contributed by atoms with van der Waals surface area (Å²) in [6.07, 6.45) is 3.06. The Morgan fingerprint density at radius 3 is 2.83 bits per heavy atom. The first-order valence-corrected chi connectivity index (χ1v) is 7.05. The van der Waals surface area contributed by atoms with E-state index in [2.05, 4.69) is 15.4 Å². The number of carbonyl (C=O) groups is 1. The van der Waals surface area contributed by atoms with Crippen LogP contribution in [0.5, 0.6) is 0 Å². The van der Waals surface area contributed by atoms with Gasteiger partial charge in [-0.1, -0.05) is 6.07 Å². The number of nitrogens with one attached hydrogen (secondary N) is 1. The third-order valence-electron chi connectivity index (χ3n) is 3.77. The molecule has 1 aromatic carbocycles. The largest absolute Gasteiger partial charge is 0.465 e. The second-order valence-electron chi connectivity index (χ2n) is 5.26. The maximum atomic E-state index is 11.8. The number of aromatic nitrogens is 3. The molecule has 0 aliphatic carbocycles. The van der Waals surface area contributed by atoms with Crippen molar-refractivity contribution in [3.05, 3.63) is 47.4 Å². The number of hydrogen-bond donors (Lipinski definition) is 2. The van der Waals surface area contributed by atoms with Crippen LogP contribution in [0.1, 0.15) is 21.5 Å². The first-order valence-electron chi connectivity index (χ1n) is 7.05. The lowest BCUT2D eigenvalue weighted by molar-refractivity contribution is 0.0600. The topological polar surface area (TPSA) is 94.5 Å². The number of rotatable bonds is 3. The monoisotopic (exact) mass is 311 g/mol. The normalized spacial score (nSPS) is 10.7. The average Bonchev–Trinajstić information content (AvgIpc) is 2.88. The smallest absolute Gasteiger partial charge is 0.339 e. The summed E-state index contributed by atoms with van der Waals surface area (Å²) in [5, 5.41) is 7.37. The Kier molecular flexibility index (Phi) is 3.61. The SMILES string of the molecule is COC(=O)c1cn2ncnc(Nc3ccc(C)c(N)c3)c2c1C. The molecule has 0 saturated carbocycles. The third kappa shape index (κ3) is 2.57. The van der Waals surface area contributed by atoms with Crippen LogP contribution in [0.4, 0.5) is 17.2 Å². The Bertz CT molecular complexity index is 901. The molecule has 0 fully saturated rings. The standard InChI is InChI=1S/C16H17N5O2/c1-9-4-5-11(6-13(9)17)20-15-14-10(2)12(16(22)23-3)7-21(14)19-8-18-15/h4-8H,17H2,1-3H3,(H,18,19,20). The Morgan fingerprint density at radius 1 is 1.35 bits per heavy atom. The lowest BCUT2D eigenvalue weighted by atomic mass is 10.1. The van der Waals surface area contributed by atoms with Crippen molar-refractivity contribution in [2.24, 2.45) is 0 Å². The molecule has 2 aromatic heterocycles. The van der Waals surface area contributed by atoms with Gasteiger partial charge in [-0.25, -0.2) is 14.3 Å². The third-order valence-corrected chi connectivity index (χ3v) is 3.77. The number of nitrogen functional groups attached to an aromatic ring is 1. The van der Waals surface area contributed by atoms with Crippen molar-refractivity contribution in [2.75, 3.05) is 18.2 Å². The molecule has 0 aliphatic heterocycles. The van der Waals surface area contributed by atoms with Crippen LogP contribution in [0, 0.1) is 13.8 Å². The molecule has 0 atom stereocenters. The number of benzene rings is 1. The van der Waals surface area contributed by atoms with Crippen LogP contribution >= 0.6 is 0 Å². The van der Waals surface area contributed by atoms with E-state index in [9.17, 15) is 4.79 Å². The molecule has 118 valence electrons. The highest BCUT2D eigenvalue weighted by atomic mass is 16.5. The van der Waals surface area contributed by atoms with Crippen molar-refractivity contribution in [3.63, 3.8) is 0 Å². The second-order valence-corrected chi connectivity index (χ2v) is 5.26. The molecule has 0 aliphatic rings. The number of aryl methyl sites for hydroxylation is 2.